The van der Waals surface area contributed by atoms with Crippen molar-refractivity contribution in [3.05, 3.63) is 129 Å². The van der Waals surface area contributed by atoms with E-state index in [9.17, 15) is 19.1 Å². The Labute approximate surface area is 348 Å². The number of halogens is 1. The number of carbonyl (C=O) groups excluding carboxylic acids is 1. The smallest absolute Gasteiger partial charge is 0.293 e. The molecule has 1 aliphatic carbocycles. The number of allylic oxidation sites excluding steroid dienone is 1. The van der Waals surface area contributed by atoms with Crippen molar-refractivity contribution in [2.75, 3.05) is 69.3 Å². The molecule has 1 unspecified atom stereocenters. The molecule has 4 aromatic rings. The number of rotatable bonds is 16. The molecule has 302 valence electrons. The molecule has 0 bridgehead atoms. The van der Waals surface area contributed by atoms with Crippen molar-refractivity contribution in [2.24, 2.45) is 5.41 Å². The number of thioether (sulfide) groups is 1. The average molecular weight is 830 g/mol. The van der Waals surface area contributed by atoms with Crippen LogP contribution in [0, 0.1) is 15.5 Å². The molecule has 0 radical (unpaired) electrons. The van der Waals surface area contributed by atoms with Gasteiger partial charge in [0.15, 0.2) is 11.0 Å². The highest BCUT2D eigenvalue weighted by atomic mass is 35.5. The Morgan fingerprint density at radius 1 is 0.982 bits per heavy atom. The van der Waals surface area contributed by atoms with Crippen LogP contribution in [0.15, 0.2) is 112 Å². The zero-order chi connectivity index (χ0) is 40.5. The van der Waals surface area contributed by atoms with Crippen LogP contribution in [-0.4, -0.2) is 90.0 Å². The first kappa shape index (κ1) is 42.4. The first-order chi connectivity index (χ1) is 27.3. The third-order valence-electron chi connectivity index (χ3n) is 10.7. The lowest BCUT2D eigenvalue weighted by molar-refractivity contribution is -0.384. The minimum atomic E-state index is -2.01. The van der Waals surface area contributed by atoms with E-state index in [1.54, 1.807) is 36.0 Å². The number of hydrogen-bond acceptors (Lipinski definition) is 9. The Hall–Kier alpha value is -4.20. The summed E-state index contributed by atoms with van der Waals surface area (Å²) in [5.41, 5.74) is 6.08. The van der Waals surface area contributed by atoms with Crippen LogP contribution < -0.4 is 14.9 Å². The van der Waals surface area contributed by atoms with Crippen LogP contribution in [0.25, 0.3) is 5.57 Å². The molecule has 2 N–H and O–H groups in total. The number of nitrogens with one attached hydrogen (secondary N) is 2. The Bertz CT molecular complexity index is 2050. The predicted molar refractivity (Wildman–Crippen MR) is 236 cm³/mol. The number of hydrogen-bond donors (Lipinski definition) is 2. The van der Waals surface area contributed by atoms with Gasteiger partial charge in [-0.1, -0.05) is 61.4 Å². The number of piperazine rings is 1. The van der Waals surface area contributed by atoms with E-state index in [-0.39, 0.29) is 22.0 Å². The van der Waals surface area contributed by atoms with Gasteiger partial charge in [0, 0.05) is 71.8 Å². The summed E-state index contributed by atoms with van der Waals surface area (Å²) < 4.78 is 15.8. The third kappa shape index (κ3) is 11.9. The predicted octanol–water partition coefficient (Wildman–Crippen LogP) is 9.01. The lowest BCUT2D eigenvalue weighted by Gasteiger charge is -2.39. The highest BCUT2D eigenvalue weighted by Crippen LogP contribution is 2.43. The Balaban J connectivity index is 1.04. The Morgan fingerprint density at radius 2 is 1.68 bits per heavy atom. The molecule has 4 aromatic carbocycles. The zero-order valence-corrected chi connectivity index (χ0v) is 35.6. The maximum absolute atomic E-state index is 13.3. The fourth-order valence-corrected chi connectivity index (χ4v) is 9.40. The molecule has 6 rings (SSSR count). The fraction of sp³-hybridized carbons (Fsp3) is 0.386. The second-order valence-electron chi connectivity index (χ2n) is 15.9. The minimum Gasteiger partial charge on any atom is -0.376 e. The van der Waals surface area contributed by atoms with Crippen LogP contribution in [0.1, 0.15) is 55.5 Å². The first-order valence-corrected chi connectivity index (χ1v) is 22.0. The summed E-state index contributed by atoms with van der Waals surface area (Å²) in [5.74, 6) is 0.189. The molecular formula is C44H53ClN6O4S2. The molecule has 2 aliphatic rings. The number of benzene rings is 4. The van der Waals surface area contributed by atoms with Gasteiger partial charge in [0.2, 0.25) is 0 Å². The quantitative estimate of drug-likeness (QED) is 0.0650. The summed E-state index contributed by atoms with van der Waals surface area (Å²) in [7, 11) is 1.98. The molecule has 1 aliphatic heterocycles. The van der Waals surface area contributed by atoms with Gasteiger partial charge < -0.3 is 15.1 Å². The zero-order valence-electron chi connectivity index (χ0n) is 33.2. The van der Waals surface area contributed by atoms with Gasteiger partial charge in [0.05, 0.1) is 9.82 Å². The van der Waals surface area contributed by atoms with Gasteiger partial charge >= 0.3 is 0 Å². The molecule has 1 amide bonds. The molecule has 0 saturated carbocycles. The van der Waals surface area contributed by atoms with E-state index in [2.05, 4.69) is 50.7 Å². The van der Waals surface area contributed by atoms with Crippen LogP contribution in [-0.2, 0) is 11.0 Å². The topological polar surface area (TPSA) is 111 Å². The highest BCUT2D eigenvalue weighted by molar-refractivity contribution is 7.99. The molecule has 1 saturated heterocycles. The number of nitro groups is 1. The number of carbonyl (C=O) groups is 1. The minimum absolute atomic E-state index is 0.0556. The van der Waals surface area contributed by atoms with E-state index in [1.807, 2.05) is 68.7 Å². The van der Waals surface area contributed by atoms with E-state index in [4.69, 9.17) is 11.6 Å². The van der Waals surface area contributed by atoms with Gasteiger partial charge in [0.1, 0.15) is 5.69 Å². The van der Waals surface area contributed by atoms with Crippen molar-refractivity contribution in [3.8, 4) is 0 Å². The average Bonchev–Trinajstić information content (AvgIpc) is 3.20. The molecule has 10 nitrogen and oxygen atoms in total. The van der Waals surface area contributed by atoms with Crippen LogP contribution in [0.3, 0.4) is 0 Å². The normalized spacial score (nSPS) is 17.0. The van der Waals surface area contributed by atoms with E-state index >= 15 is 0 Å². The van der Waals surface area contributed by atoms with Gasteiger partial charge in [-0.05, 0) is 124 Å². The number of nitro benzene ring substituents is 1. The summed E-state index contributed by atoms with van der Waals surface area (Å²) in [5, 5.41) is 16.3. The van der Waals surface area contributed by atoms with Crippen LogP contribution >= 0.6 is 23.4 Å². The molecule has 57 heavy (non-hydrogen) atoms. The Kier molecular flexibility index (Phi) is 14.5. The van der Waals surface area contributed by atoms with Crippen LogP contribution in [0.4, 0.5) is 17.1 Å². The van der Waals surface area contributed by atoms with E-state index in [0.717, 1.165) is 74.1 Å². The molecule has 1 fully saturated rings. The molecule has 13 heteroatoms. The maximum Gasteiger partial charge on any atom is 0.293 e. The summed E-state index contributed by atoms with van der Waals surface area (Å²) in [4.78, 5) is 33.1. The van der Waals surface area contributed by atoms with Crippen molar-refractivity contribution >= 4 is 62.9 Å². The van der Waals surface area contributed by atoms with Crippen molar-refractivity contribution in [1.82, 2.24) is 14.5 Å². The highest BCUT2D eigenvalue weighted by Gasteiger charge is 2.30. The largest absolute Gasteiger partial charge is 0.376 e. The molecular weight excluding hydrogens is 776 g/mol. The van der Waals surface area contributed by atoms with Crippen molar-refractivity contribution in [2.45, 2.75) is 55.4 Å². The van der Waals surface area contributed by atoms with Crippen molar-refractivity contribution in [1.29, 1.82) is 0 Å². The molecule has 2 atom stereocenters. The Morgan fingerprint density at radius 3 is 2.35 bits per heavy atom. The number of amides is 1. The number of nitrogens with zero attached hydrogens (tertiary/aromatic N) is 4. The van der Waals surface area contributed by atoms with Gasteiger partial charge in [-0.25, -0.2) is 4.21 Å². The van der Waals surface area contributed by atoms with Crippen LogP contribution in [0.2, 0.25) is 5.02 Å². The lowest BCUT2D eigenvalue weighted by atomic mass is 9.73. The van der Waals surface area contributed by atoms with Crippen molar-refractivity contribution < 1.29 is 13.9 Å². The molecule has 0 aromatic heterocycles. The van der Waals surface area contributed by atoms with Crippen molar-refractivity contribution in [3.63, 3.8) is 0 Å². The number of anilines is 2. The monoisotopic (exact) mass is 828 g/mol. The second kappa shape index (κ2) is 19.5. The summed E-state index contributed by atoms with van der Waals surface area (Å²) in [6.07, 6.45) is 4.11. The van der Waals surface area contributed by atoms with E-state index in [0.29, 0.717) is 17.0 Å². The third-order valence-corrected chi connectivity index (χ3v) is 13.2. The van der Waals surface area contributed by atoms with Gasteiger partial charge in [-0.15, -0.1) is 11.8 Å². The second-order valence-corrected chi connectivity index (χ2v) is 18.7. The van der Waals surface area contributed by atoms with E-state index < -0.39 is 21.8 Å². The van der Waals surface area contributed by atoms with E-state index in [1.165, 1.54) is 29.2 Å². The lowest BCUT2D eigenvalue weighted by Crippen LogP contribution is -2.47. The standard InChI is InChI=1S/C44H53ClN6O4S2/c1-44(2)22-20-40(32-10-14-35(45)15-11-32)34(29-44)30-49-24-26-50(27-25-49)37-16-12-33(13-17-37)43(52)47-57(55)39-18-19-41(42(28-39)51(53)54)46-36(21-23-48(3)4)31-56-38-8-6-5-7-9-38/h5-19,28,36,46H,20-27,29-31H2,1-4H3,(H,47,52)/t36-,57?/m1/s1. The SMILES string of the molecule is CN(C)CC[C@H](CSc1ccccc1)Nc1ccc(S(=O)NC(=O)c2ccc(N3CCN(CC4=C(c5ccc(Cl)cc5)CCC(C)(C)C4)CC3)cc2)cc1[N+](=O)[O-]. The summed E-state index contributed by atoms with van der Waals surface area (Å²) in [6.45, 7) is 10.1. The first-order valence-electron chi connectivity index (χ1n) is 19.5. The van der Waals surface area contributed by atoms with Gasteiger partial charge in [-0.2, -0.15) is 0 Å². The molecule has 1 heterocycles. The molecule has 0 spiro atoms. The van der Waals surface area contributed by atoms with Gasteiger partial charge in [0.25, 0.3) is 11.6 Å². The summed E-state index contributed by atoms with van der Waals surface area (Å²) in [6, 6.07) is 30.0. The summed E-state index contributed by atoms with van der Waals surface area (Å²) >= 11 is 7.88. The van der Waals surface area contributed by atoms with Gasteiger partial charge in [-0.3, -0.25) is 24.5 Å². The maximum atomic E-state index is 13.3. The fourth-order valence-electron chi connectivity index (χ4n) is 7.47. The van der Waals surface area contributed by atoms with Crippen LogP contribution in [0.5, 0.6) is 0 Å².